The van der Waals surface area contributed by atoms with Crippen LogP contribution in [0.1, 0.15) is 21.6 Å². The molecule has 8 nitrogen and oxygen atoms in total. The summed E-state index contributed by atoms with van der Waals surface area (Å²) in [5, 5.41) is 6.63. The molecule has 29 heavy (non-hydrogen) atoms. The lowest BCUT2D eigenvalue weighted by Crippen LogP contribution is -2.14. The average molecular weight is 406 g/mol. The van der Waals surface area contributed by atoms with Gasteiger partial charge in [0.15, 0.2) is 0 Å². The lowest BCUT2D eigenvalue weighted by molar-refractivity contribution is 0.102. The number of pyridine rings is 1. The number of hydrogen-bond acceptors (Lipinski definition) is 8. The Morgan fingerprint density at radius 3 is 2.66 bits per heavy atom. The molecule has 3 aromatic heterocycles. The van der Waals surface area contributed by atoms with Crippen LogP contribution in [0.5, 0.6) is 5.88 Å². The van der Waals surface area contributed by atoms with Crippen LogP contribution in [0.3, 0.4) is 0 Å². The Morgan fingerprint density at radius 2 is 1.90 bits per heavy atom. The molecule has 3 heterocycles. The van der Waals surface area contributed by atoms with Crippen molar-refractivity contribution in [3.8, 4) is 5.88 Å². The summed E-state index contributed by atoms with van der Waals surface area (Å²) in [7, 11) is 1.56. The van der Waals surface area contributed by atoms with Crippen LogP contribution < -0.4 is 15.4 Å². The van der Waals surface area contributed by atoms with E-state index in [0.29, 0.717) is 33.6 Å². The van der Waals surface area contributed by atoms with Gasteiger partial charge in [-0.15, -0.1) is 0 Å². The fourth-order valence-electron chi connectivity index (χ4n) is 2.89. The number of ether oxygens (including phenoxy) is 1. The van der Waals surface area contributed by atoms with Crippen LogP contribution in [-0.2, 0) is 0 Å². The van der Waals surface area contributed by atoms with Crippen molar-refractivity contribution >= 4 is 45.0 Å². The van der Waals surface area contributed by atoms with Gasteiger partial charge in [0.25, 0.3) is 5.91 Å². The smallest absolute Gasteiger partial charge is 0.260 e. The molecule has 4 aromatic rings. The topological polar surface area (TPSA) is 102 Å². The quantitative estimate of drug-likeness (QED) is 0.514. The SMILES string of the molecule is COc1ncc(NC(=O)c2c(C)nsc2Nc2cnc3ccccc3n2)cc1C. The zero-order valence-corrected chi connectivity index (χ0v) is 16.9. The summed E-state index contributed by atoms with van der Waals surface area (Å²) in [6, 6.07) is 9.40. The second-order valence-electron chi connectivity index (χ2n) is 6.35. The van der Waals surface area contributed by atoms with E-state index in [9.17, 15) is 4.79 Å². The maximum atomic E-state index is 12.9. The van der Waals surface area contributed by atoms with Gasteiger partial charge < -0.3 is 15.4 Å². The van der Waals surface area contributed by atoms with Crippen LogP contribution >= 0.6 is 11.5 Å². The summed E-state index contributed by atoms with van der Waals surface area (Å²) in [6.45, 7) is 3.66. The van der Waals surface area contributed by atoms with E-state index < -0.39 is 0 Å². The van der Waals surface area contributed by atoms with Gasteiger partial charge in [-0.05, 0) is 43.6 Å². The fraction of sp³-hybridized carbons (Fsp3) is 0.150. The van der Waals surface area contributed by atoms with E-state index in [-0.39, 0.29) is 5.91 Å². The number of benzene rings is 1. The Kier molecular flexibility index (Phi) is 5.05. The van der Waals surface area contributed by atoms with E-state index in [4.69, 9.17) is 4.74 Å². The Hall–Kier alpha value is -3.59. The molecule has 0 radical (unpaired) electrons. The minimum atomic E-state index is -0.279. The molecular weight excluding hydrogens is 388 g/mol. The highest BCUT2D eigenvalue weighted by Gasteiger charge is 2.20. The van der Waals surface area contributed by atoms with E-state index in [1.165, 1.54) is 11.5 Å². The summed E-state index contributed by atoms with van der Waals surface area (Å²) >= 11 is 1.20. The molecule has 1 aromatic carbocycles. The molecule has 0 spiro atoms. The molecule has 1 amide bonds. The third-order valence-corrected chi connectivity index (χ3v) is 5.12. The van der Waals surface area contributed by atoms with Crippen LogP contribution in [0.15, 0.2) is 42.7 Å². The van der Waals surface area contributed by atoms with E-state index in [0.717, 1.165) is 16.6 Å². The first kappa shape index (κ1) is 18.8. The normalized spacial score (nSPS) is 10.7. The first-order chi connectivity index (χ1) is 14.0. The van der Waals surface area contributed by atoms with Crippen molar-refractivity contribution in [1.29, 1.82) is 0 Å². The highest BCUT2D eigenvalue weighted by molar-refractivity contribution is 7.10. The molecule has 0 aliphatic rings. The number of anilines is 3. The van der Waals surface area contributed by atoms with Gasteiger partial charge in [0.2, 0.25) is 5.88 Å². The molecule has 2 N–H and O–H groups in total. The third-order valence-electron chi connectivity index (χ3n) is 4.26. The fourth-order valence-corrected chi connectivity index (χ4v) is 3.70. The Balaban J connectivity index is 1.59. The number of nitrogens with one attached hydrogen (secondary N) is 2. The number of para-hydroxylation sites is 2. The van der Waals surface area contributed by atoms with Crippen molar-refractivity contribution < 1.29 is 9.53 Å². The number of aromatic nitrogens is 4. The molecule has 0 unspecified atom stereocenters. The van der Waals surface area contributed by atoms with E-state index >= 15 is 0 Å². The lowest BCUT2D eigenvalue weighted by Gasteiger charge is -2.10. The van der Waals surface area contributed by atoms with Gasteiger partial charge in [-0.3, -0.25) is 9.78 Å². The summed E-state index contributed by atoms with van der Waals surface area (Å²) < 4.78 is 9.47. The third kappa shape index (κ3) is 3.85. The molecule has 4 rings (SSSR count). The van der Waals surface area contributed by atoms with E-state index in [1.54, 1.807) is 32.5 Å². The molecule has 146 valence electrons. The van der Waals surface area contributed by atoms with Crippen molar-refractivity contribution in [2.75, 3.05) is 17.7 Å². The molecule has 0 saturated carbocycles. The molecule has 0 fully saturated rings. The number of rotatable bonds is 5. The van der Waals surface area contributed by atoms with Crippen molar-refractivity contribution in [3.05, 3.63) is 59.5 Å². The summed E-state index contributed by atoms with van der Waals surface area (Å²) in [6.07, 6.45) is 3.19. The van der Waals surface area contributed by atoms with E-state index in [1.807, 2.05) is 31.2 Å². The van der Waals surface area contributed by atoms with Crippen LogP contribution in [0.4, 0.5) is 16.5 Å². The highest BCUT2D eigenvalue weighted by Crippen LogP contribution is 2.29. The number of aryl methyl sites for hydroxylation is 2. The van der Waals surface area contributed by atoms with Gasteiger partial charge in [-0.25, -0.2) is 9.97 Å². The summed E-state index contributed by atoms with van der Waals surface area (Å²) in [5.41, 5.74) is 4.06. The predicted molar refractivity (Wildman–Crippen MR) is 113 cm³/mol. The minimum Gasteiger partial charge on any atom is -0.481 e. The van der Waals surface area contributed by atoms with Gasteiger partial charge in [0.1, 0.15) is 10.8 Å². The zero-order valence-electron chi connectivity index (χ0n) is 16.1. The van der Waals surface area contributed by atoms with Crippen LogP contribution in [0.2, 0.25) is 0 Å². The van der Waals surface area contributed by atoms with Gasteiger partial charge in [-0.1, -0.05) is 12.1 Å². The second-order valence-corrected chi connectivity index (χ2v) is 7.12. The Bertz CT molecular complexity index is 1210. The second kappa shape index (κ2) is 7.80. The number of carbonyl (C=O) groups excluding carboxylic acids is 1. The van der Waals surface area contributed by atoms with Crippen molar-refractivity contribution in [1.82, 2.24) is 19.3 Å². The number of amides is 1. The number of methoxy groups -OCH3 is 1. The maximum absolute atomic E-state index is 12.9. The summed E-state index contributed by atoms with van der Waals surface area (Å²) in [5.74, 6) is 0.788. The first-order valence-corrected chi connectivity index (χ1v) is 9.59. The van der Waals surface area contributed by atoms with Gasteiger partial charge >= 0.3 is 0 Å². The lowest BCUT2D eigenvalue weighted by atomic mass is 10.2. The molecule has 0 aliphatic heterocycles. The maximum Gasteiger partial charge on any atom is 0.260 e. The van der Waals surface area contributed by atoms with Crippen molar-refractivity contribution in [2.45, 2.75) is 13.8 Å². The standard InChI is InChI=1S/C20H18N6O2S/c1-11-8-13(9-22-19(11)28-3)23-18(27)17-12(2)26-29-20(17)25-16-10-21-14-6-4-5-7-15(14)24-16/h4-10H,1-3H3,(H,23,27)(H,24,25). The monoisotopic (exact) mass is 406 g/mol. The van der Waals surface area contributed by atoms with Gasteiger partial charge in [-0.2, -0.15) is 4.37 Å². The highest BCUT2D eigenvalue weighted by atomic mass is 32.1. The van der Waals surface area contributed by atoms with Crippen molar-refractivity contribution in [3.63, 3.8) is 0 Å². The van der Waals surface area contributed by atoms with Gasteiger partial charge in [0, 0.05) is 5.56 Å². The number of fused-ring (bicyclic) bond motifs is 1. The summed E-state index contributed by atoms with van der Waals surface area (Å²) in [4.78, 5) is 26.0. The average Bonchev–Trinajstić information content (AvgIpc) is 3.08. The van der Waals surface area contributed by atoms with Crippen molar-refractivity contribution in [2.24, 2.45) is 0 Å². The Morgan fingerprint density at radius 1 is 1.10 bits per heavy atom. The van der Waals surface area contributed by atoms with Gasteiger partial charge in [0.05, 0.1) is 47.5 Å². The molecular formula is C20H18N6O2S. The molecule has 0 saturated heterocycles. The van der Waals surface area contributed by atoms with Crippen LogP contribution in [0, 0.1) is 13.8 Å². The molecule has 9 heteroatoms. The zero-order chi connectivity index (χ0) is 20.4. The van der Waals surface area contributed by atoms with E-state index in [2.05, 4.69) is 30.0 Å². The Labute approximate surface area is 171 Å². The van der Waals surface area contributed by atoms with Crippen LogP contribution in [-0.4, -0.2) is 32.3 Å². The first-order valence-electron chi connectivity index (χ1n) is 8.82. The number of carbonyl (C=O) groups is 1. The minimum absolute atomic E-state index is 0.279. The molecule has 0 aliphatic carbocycles. The predicted octanol–water partition coefficient (Wildman–Crippen LogP) is 4.10. The number of hydrogen-bond donors (Lipinski definition) is 2. The van der Waals surface area contributed by atoms with Crippen LogP contribution in [0.25, 0.3) is 11.0 Å². The molecule has 0 atom stereocenters. The largest absolute Gasteiger partial charge is 0.481 e. The number of nitrogens with zero attached hydrogens (tertiary/aromatic N) is 4. The molecule has 0 bridgehead atoms.